The summed E-state index contributed by atoms with van der Waals surface area (Å²) in [5.41, 5.74) is 4.87. The third-order valence-corrected chi connectivity index (χ3v) is 4.46. The molecule has 0 saturated carbocycles. The summed E-state index contributed by atoms with van der Waals surface area (Å²) >= 11 is 0. The van der Waals surface area contributed by atoms with Crippen molar-refractivity contribution < 1.29 is 19.4 Å². The molecule has 142 valence electrons. The van der Waals surface area contributed by atoms with Crippen molar-refractivity contribution in [3.05, 3.63) is 58.7 Å². The van der Waals surface area contributed by atoms with E-state index in [2.05, 4.69) is 37.7 Å². The Bertz CT molecular complexity index is 685. The first-order chi connectivity index (χ1) is 12.2. The lowest BCUT2D eigenvalue weighted by Gasteiger charge is -2.32. The summed E-state index contributed by atoms with van der Waals surface area (Å²) in [6, 6.07) is 0. The minimum Gasteiger partial charge on any atom is -0.388 e. The lowest BCUT2D eigenvalue weighted by molar-refractivity contribution is -0.158. The fourth-order valence-corrected chi connectivity index (χ4v) is 3.04. The van der Waals surface area contributed by atoms with E-state index in [1.807, 2.05) is 19.1 Å². The maximum absolute atomic E-state index is 11.4. The third-order valence-electron chi connectivity index (χ3n) is 4.46. The van der Waals surface area contributed by atoms with Crippen molar-refractivity contribution >= 4 is 11.9 Å². The van der Waals surface area contributed by atoms with Gasteiger partial charge in [-0.1, -0.05) is 55.4 Å². The normalized spacial score (nSPS) is 18.7. The molecule has 0 aromatic carbocycles. The van der Waals surface area contributed by atoms with E-state index in [1.54, 1.807) is 13.0 Å². The summed E-state index contributed by atoms with van der Waals surface area (Å²) in [6.45, 7) is 9.76. The van der Waals surface area contributed by atoms with Crippen LogP contribution < -0.4 is 0 Å². The highest BCUT2D eigenvalue weighted by atomic mass is 16.6. The van der Waals surface area contributed by atoms with Gasteiger partial charge in [0.1, 0.15) is 6.61 Å². The van der Waals surface area contributed by atoms with E-state index >= 15 is 0 Å². The molecule has 0 aromatic rings. The number of esters is 2. The zero-order chi connectivity index (χ0) is 19.7. The first-order valence-electron chi connectivity index (χ1n) is 8.93. The van der Waals surface area contributed by atoms with Crippen molar-refractivity contribution in [1.29, 1.82) is 0 Å². The van der Waals surface area contributed by atoms with Crippen LogP contribution in [-0.4, -0.2) is 23.7 Å². The number of allylic oxidation sites excluding steroid dienone is 9. The monoisotopic (exact) mass is 358 g/mol. The fourth-order valence-electron chi connectivity index (χ4n) is 3.04. The van der Waals surface area contributed by atoms with Gasteiger partial charge in [0.25, 0.3) is 0 Å². The average Bonchev–Trinajstić information content (AvgIpc) is 2.53. The molecule has 1 aliphatic carbocycles. The lowest BCUT2D eigenvalue weighted by atomic mass is 9.72. The van der Waals surface area contributed by atoms with Gasteiger partial charge in [-0.15, -0.1) is 0 Å². The van der Waals surface area contributed by atoms with E-state index < -0.39 is 18.5 Å². The SMILES string of the molecule is CC(C=CC1=C(C)CCCC1(C)C)=CC=CC(C)=CC(=O)OC(=O)CO. The molecular weight excluding hydrogens is 328 g/mol. The smallest absolute Gasteiger partial charge is 0.339 e. The summed E-state index contributed by atoms with van der Waals surface area (Å²) in [7, 11) is 0. The van der Waals surface area contributed by atoms with E-state index in [0.29, 0.717) is 5.57 Å². The number of rotatable bonds is 6. The van der Waals surface area contributed by atoms with E-state index in [4.69, 9.17) is 5.11 Å². The Balaban J connectivity index is 2.72. The molecular formula is C22H30O4. The standard InChI is InChI=1S/C22H30O4/c1-16(11-12-19-18(3)10-7-13-22(19,4)5)8-6-9-17(2)14-20(24)26-21(25)15-23/h6,8-9,11-12,14,23H,7,10,13,15H2,1-5H3. The van der Waals surface area contributed by atoms with Gasteiger partial charge in [-0.2, -0.15) is 0 Å². The number of hydrogen-bond acceptors (Lipinski definition) is 4. The van der Waals surface area contributed by atoms with Crippen LogP contribution in [0.1, 0.15) is 53.9 Å². The quantitative estimate of drug-likeness (QED) is 0.327. The van der Waals surface area contributed by atoms with Gasteiger partial charge in [-0.25, -0.2) is 9.59 Å². The van der Waals surface area contributed by atoms with Gasteiger partial charge in [0.2, 0.25) is 0 Å². The Morgan fingerprint density at radius 3 is 2.50 bits per heavy atom. The first kappa shape index (κ1) is 21.8. The van der Waals surface area contributed by atoms with E-state index in [1.165, 1.54) is 36.5 Å². The van der Waals surface area contributed by atoms with Crippen LogP contribution in [0.25, 0.3) is 0 Å². The van der Waals surface area contributed by atoms with Gasteiger partial charge in [0.05, 0.1) is 0 Å². The Morgan fingerprint density at radius 1 is 1.19 bits per heavy atom. The Labute approximate surface area is 156 Å². The largest absolute Gasteiger partial charge is 0.388 e. The second-order valence-corrected chi connectivity index (χ2v) is 7.37. The van der Waals surface area contributed by atoms with Gasteiger partial charge in [0.15, 0.2) is 0 Å². The maximum Gasteiger partial charge on any atom is 0.339 e. The molecule has 0 spiro atoms. The van der Waals surface area contributed by atoms with E-state index in [0.717, 1.165) is 5.57 Å². The van der Waals surface area contributed by atoms with Crippen molar-refractivity contribution in [2.45, 2.75) is 53.9 Å². The molecule has 0 fully saturated rings. The second kappa shape index (κ2) is 10.1. The van der Waals surface area contributed by atoms with Crippen LogP contribution in [0.2, 0.25) is 0 Å². The molecule has 0 atom stereocenters. The van der Waals surface area contributed by atoms with Crippen LogP contribution in [0.15, 0.2) is 58.7 Å². The zero-order valence-corrected chi connectivity index (χ0v) is 16.5. The summed E-state index contributed by atoms with van der Waals surface area (Å²) in [4.78, 5) is 22.2. The zero-order valence-electron chi connectivity index (χ0n) is 16.5. The Hall–Kier alpha value is -2.20. The van der Waals surface area contributed by atoms with Gasteiger partial charge in [0, 0.05) is 6.08 Å². The van der Waals surface area contributed by atoms with E-state index in [-0.39, 0.29) is 5.41 Å². The molecule has 0 amide bonds. The van der Waals surface area contributed by atoms with Crippen molar-refractivity contribution in [3.8, 4) is 0 Å². The van der Waals surface area contributed by atoms with Crippen molar-refractivity contribution in [2.75, 3.05) is 6.61 Å². The number of ether oxygens (including phenoxy) is 1. The Morgan fingerprint density at radius 2 is 1.88 bits per heavy atom. The molecule has 4 heteroatoms. The van der Waals surface area contributed by atoms with Crippen molar-refractivity contribution in [1.82, 2.24) is 0 Å². The minimum atomic E-state index is -0.959. The number of carbonyl (C=O) groups excluding carboxylic acids is 2. The van der Waals surface area contributed by atoms with Crippen LogP contribution in [0.5, 0.6) is 0 Å². The summed E-state index contributed by atoms with van der Waals surface area (Å²) in [6.07, 6.45) is 14.8. The minimum absolute atomic E-state index is 0.223. The summed E-state index contributed by atoms with van der Waals surface area (Å²) < 4.78 is 4.36. The van der Waals surface area contributed by atoms with E-state index in [9.17, 15) is 9.59 Å². The summed E-state index contributed by atoms with van der Waals surface area (Å²) in [5, 5.41) is 8.53. The first-order valence-corrected chi connectivity index (χ1v) is 8.93. The molecule has 26 heavy (non-hydrogen) atoms. The molecule has 1 rings (SSSR count). The topological polar surface area (TPSA) is 63.6 Å². The van der Waals surface area contributed by atoms with Crippen molar-refractivity contribution in [3.63, 3.8) is 0 Å². The lowest BCUT2D eigenvalue weighted by Crippen LogP contribution is -2.19. The van der Waals surface area contributed by atoms with Gasteiger partial charge in [-0.05, 0) is 56.6 Å². The fraction of sp³-hybridized carbons (Fsp3) is 0.455. The van der Waals surface area contributed by atoms with Gasteiger partial charge in [-0.3, -0.25) is 0 Å². The Kier molecular flexibility index (Phi) is 8.46. The maximum atomic E-state index is 11.4. The molecule has 4 nitrogen and oxygen atoms in total. The predicted molar refractivity (Wildman–Crippen MR) is 104 cm³/mol. The molecule has 0 aliphatic heterocycles. The number of aliphatic hydroxyl groups is 1. The third kappa shape index (κ3) is 7.36. The van der Waals surface area contributed by atoms with Gasteiger partial charge < -0.3 is 9.84 Å². The predicted octanol–water partition coefficient (Wildman–Crippen LogP) is 4.58. The number of carbonyl (C=O) groups is 2. The average molecular weight is 358 g/mol. The molecule has 0 unspecified atom stereocenters. The molecule has 0 saturated heterocycles. The van der Waals surface area contributed by atoms with Crippen LogP contribution in [0.3, 0.4) is 0 Å². The van der Waals surface area contributed by atoms with Crippen LogP contribution in [0, 0.1) is 5.41 Å². The molecule has 0 bridgehead atoms. The summed E-state index contributed by atoms with van der Waals surface area (Å²) in [5.74, 6) is -1.74. The van der Waals surface area contributed by atoms with Gasteiger partial charge >= 0.3 is 11.9 Å². The van der Waals surface area contributed by atoms with Crippen LogP contribution in [0.4, 0.5) is 0 Å². The van der Waals surface area contributed by atoms with Crippen LogP contribution in [-0.2, 0) is 14.3 Å². The number of hydrogen-bond donors (Lipinski definition) is 1. The molecule has 0 radical (unpaired) electrons. The van der Waals surface area contributed by atoms with Crippen LogP contribution >= 0.6 is 0 Å². The highest BCUT2D eigenvalue weighted by Crippen LogP contribution is 2.40. The molecule has 0 heterocycles. The molecule has 0 aromatic heterocycles. The highest BCUT2D eigenvalue weighted by Gasteiger charge is 2.26. The molecule has 1 N–H and O–H groups in total. The highest BCUT2D eigenvalue weighted by molar-refractivity contribution is 5.93. The number of aliphatic hydroxyl groups excluding tert-OH is 1. The second-order valence-electron chi connectivity index (χ2n) is 7.37. The van der Waals surface area contributed by atoms with Crippen molar-refractivity contribution in [2.24, 2.45) is 5.41 Å². The molecule has 1 aliphatic rings.